The number of hydrogen-bond donors (Lipinski definition) is 0. The molecule has 0 unspecified atom stereocenters. The van der Waals surface area contributed by atoms with Gasteiger partial charge in [-0.05, 0) is 95.5 Å². The highest BCUT2D eigenvalue weighted by molar-refractivity contribution is 7.08. The fraction of sp³-hybridized carbons (Fsp3) is 0.219. The summed E-state index contributed by atoms with van der Waals surface area (Å²) >= 11 is 1.69. The first-order chi connectivity index (χ1) is 17.4. The number of esters is 1. The van der Waals surface area contributed by atoms with Gasteiger partial charge in [-0.25, -0.2) is 4.79 Å². The Balaban J connectivity index is 1.79. The first-order valence-electron chi connectivity index (χ1n) is 11.7. The molecule has 0 amide bonds. The molecule has 3 nitrogen and oxygen atoms in total. The monoisotopic (exact) mass is 494 g/mol. The minimum Gasteiger partial charge on any atom is -0.463 e. The zero-order valence-electron chi connectivity index (χ0n) is 21.1. The van der Waals surface area contributed by atoms with Gasteiger partial charge in [0.25, 0.3) is 0 Å². The fourth-order valence-electron chi connectivity index (χ4n) is 3.22. The van der Waals surface area contributed by atoms with Crippen molar-refractivity contribution in [1.29, 1.82) is 0 Å². The van der Waals surface area contributed by atoms with Gasteiger partial charge in [0.05, 0.1) is 6.61 Å². The Morgan fingerprint density at radius 2 is 1.69 bits per heavy atom. The van der Waals surface area contributed by atoms with Gasteiger partial charge in [-0.1, -0.05) is 60.4 Å². The molecular weight excluding hydrogens is 464 g/mol. The van der Waals surface area contributed by atoms with Crippen LogP contribution in [0.25, 0.3) is 29.4 Å². The predicted octanol–water partition coefficient (Wildman–Crippen LogP) is 7.35. The number of thiophene rings is 1. The van der Waals surface area contributed by atoms with Crippen molar-refractivity contribution in [2.45, 2.75) is 32.8 Å². The molecule has 0 N–H and O–H groups in total. The lowest BCUT2D eigenvalue weighted by Gasteiger charge is -2.13. The van der Waals surface area contributed by atoms with Crippen LogP contribution in [0.2, 0.25) is 0 Å². The molecule has 0 aliphatic carbocycles. The molecule has 0 atom stereocenters. The molecule has 0 saturated carbocycles. The Morgan fingerprint density at radius 1 is 0.972 bits per heavy atom. The molecule has 3 aromatic rings. The van der Waals surface area contributed by atoms with Crippen LogP contribution in [0.15, 0.2) is 70.9 Å². The van der Waals surface area contributed by atoms with Crippen molar-refractivity contribution in [1.82, 2.24) is 0 Å². The van der Waals surface area contributed by atoms with Gasteiger partial charge < -0.3 is 9.47 Å². The Morgan fingerprint density at radius 3 is 2.39 bits per heavy atom. The molecule has 0 saturated heterocycles. The fourth-order valence-corrected chi connectivity index (χ4v) is 3.88. The molecule has 182 valence electrons. The summed E-state index contributed by atoms with van der Waals surface area (Å²) in [7, 11) is 1.61. The molecule has 1 heterocycles. The van der Waals surface area contributed by atoms with Crippen molar-refractivity contribution >= 4 is 35.5 Å². The summed E-state index contributed by atoms with van der Waals surface area (Å²) in [4.78, 5) is 12.5. The number of benzene rings is 2. The number of methoxy groups -OCH3 is 1. The van der Waals surface area contributed by atoms with Crippen LogP contribution in [0.1, 0.15) is 43.9 Å². The minimum absolute atomic E-state index is 0.246. The van der Waals surface area contributed by atoms with E-state index in [2.05, 4.69) is 76.9 Å². The second kappa shape index (κ2) is 13.3. The number of hydrogen-bond acceptors (Lipinski definition) is 4. The third-order valence-corrected chi connectivity index (χ3v) is 5.99. The minimum atomic E-state index is -0.562. The zero-order valence-corrected chi connectivity index (χ0v) is 21.9. The van der Waals surface area contributed by atoms with E-state index in [1.165, 1.54) is 11.1 Å². The van der Waals surface area contributed by atoms with Crippen molar-refractivity contribution < 1.29 is 14.3 Å². The Labute approximate surface area is 218 Å². The Kier molecular flexibility index (Phi) is 9.90. The molecule has 4 heteroatoms. The summed E-state index contributed by atoms with van der Waals surface area (Å²) in [6.07, 6.45) is 6.24. The third-order valence-electron chi connectivity index (χ3n) is 5.30. The van der Waals surface area contributed by atoms with Gasteiger partial charge in [-0.2, -0.15) is 11.3 Å². The topological polar surface area (TPSA) is 35.5 Å². The molecule has 2 aromatic carbocycles. The van der Waals surface area contributed by atoms with Gasteiger partial charge in [0.2, 0.25) is 0 Å². The summed E-state index contributed by atoms with van der Waals surface area (Å²) in [5.74, 6) is 11.1. The van der Waals surface area contributed by atoms with Gasteiger partial charge in [0.1, 0.15) is 5.60 Å². The lowest BCUT2D eigenvalue weighted by molar-refractivity contribution is -0.138. The molecule has 3 rings (SSSR count). The van der Waals surface area contributed by atoms with Gasteiger partial charge >= 0.3 is 5.97 Å². The number of carbonyl (C=O) groups is 1. The number of carbonyl (C=O) groups excluding carboxylic acids is 1. The molecule has 0 spiro atoms. The van der Waals surface area contributed by atoms with Gasteiger partial charge in [-0.15, -0.1) is 0 Å². The molecular formula is C32H30O3S. The number of ether oxygens (including phenoxy) is 2. The van der Waals surface area contributed by atoms with Crippen LogP contribution in [0.3, 0.4) is 0 Å². The van der Waals surface area contributed by atoms with E-state index in [0.717, 1.165) is 16.7 Å². The van der Waals surface area contributed by atoms with Gasteiger partial charge in [0.15, 0.2) is 0 Å². The van der Waals surface area contributed by atoms with Crippen molar-refractivity contribution in [3.8, 4) is 34.8 Å². The summed E-state index contributed by atoms with van der Waals surface area (Å²) in [6, 6.07) is 18.6. The standard InChI is InChI=1S/C32H30O3S/c1-5-35-31(33)29(14-7-6-8-19-32(2,3)34-4)23-27-13-9-11-25(21-27)16-17-26-12-10-15-28(22-26)30-18-20-36-24-30/h9-13,15-18,20-24H,5,14H2,1-4H3/b17-16+,29-23+. The summed E-state index contributed by atoms with van der Waals surface area (Å²) in [6.45, 7) is 5.83. The van der Waals surface area contributed by atoms with Crippen molar-refractivity contribution in [2.75, 3.05) is 13.7 Å². The molecule has 1 aromatic heterocycles. The number of rotatable bonds is 8. The van der Waals surface area contributed by atoms with E-state index in [0.29, 0.717) is 12.2 Å². The first kappa shape index (κ1) is 26.8. The third kappa shape index (κ3) is 8.43. The second-order valence-electron chi connectivity index (χ2n) is 8.47. The maximum Gasteiger partial charge on any atom is 0.334 e. The molecule has 36 heavy (non-hydrogen) atoms. The van der Waals surface area contributed by atoms with Crippen LogP contribution in [-0.2, 0) is 14.3 Å². The zero-order chi connectivity index (χ0) is 25.8. The van der Waals surface area contributed by atoms with Crippen LogP contribution in [-0.4, -0.2) is 25.3 Å². The van der Waals surface area contributed by atoms with E-state index in [1.807, 2.05) is 44.2 Å². The summed E-state index contributed by atoms with van der Waals surface area (Å²) in [5, 5.41) is 4.24. The summed E-state index contributed by atoms with van der Waals surface area (Å²) < 4.78 is 10.5. The maximum atomic E-state index is 12.5. The molecule has 0 aliphatic rings. The van der Waals surface area contributed by atoms with Gasteiger partial charge in [0, 0.05) is 19.1 Å². The van der Waals surface area contributed by atoms with E-state index in [1.54, 1.807) is 25.4 Å². The van der Waals surface area contributed by atoms with Crippen LogP contribution >= 0.6 is 11.3 Å². The molecule has 0 bridgehead atoms. The SMILES string of the molecule is CCOC(=O)/C(=C/c1cccc(/C=C/c2cccc(-c3ccsc3)c2)c1)CC#CC#CC(C)(C)OC. The van der Waals surface area contributed by atoms with E-state index in [-0.39, 0.29) is 12.4 Å². The highest BCUT2D eigenvalue weighted by atomic mass is 32.1. The van der Waals surface area contributed by atoms with E-state index in [9.17, 15) is 4.79 Å². The molecule has 0 fully saturated rings. The van der Waals surface area contributed by atoms with E-state index in [4.69, 9.17) is 9.47 Å². The first-order valence-corrected chi connectivity index (χ1v) is 12.7. The highest BCUT2D eigenvalue weighted by Crippen LogP contribution is 2.24. The average Bonchev–Trinajstić information content (AvgIpc) is 3.42. The molecule has 0 radical (unpaired) electrons. The normalized spacial score (nSPS) is 11.4. The quantitative estimate of drug-likeness (QED) is 0.142. The van der Waals surface area contributed by atoms with Crippen LogP contribution in [0.5, 0.6) is 0 Å². The smallest absolute Gasteiger partial charge is 0.334 e. The lowest BCUT2D eigenvalue weighted by Crippen LogP contribution is -2.18. The van der Waals surface area contributed by atoms with E-state index >= 15 is 0 Å². The Hall–Kier alpha value is -3.83. The maximum absolute atomic E-state index is 12.5. The molecule has 0 aliphatic heterocycles. The van der Waals surface area contributed by atoms with Crippen LogP contribution < -0.4 is 0 Å². The van der Waals surface area contributed by atoms with Crippen molar-refractivity contribution in [3.05, 3.63) is 87.6 Å². The largest absolute Gasteiger partial charge is 0.463 e. The Bertz CT molecular complexity index is 1350. The second-order valence-corrected chi connectivity index (χ2v) is 9.25. The average molecular weight is 495 g/mol. The van der Waals surface area contributed by atoms with Crippen LogP contribution in [0, 0.1) is 23.7 Å². The predicted molar refractivity (Wildman–Crippen MR) is 151 cm³/mol. The van der Waals surface area contributed by atoms with Crippen molar-refractivity contribution in [2.24, 2.45) is 0 Å². The van der Waals surface area contributed by atoms with Crippen LogP contribution in [0.4, 0.5) is 0 Å². The van der Waals surface area contributed by atoms with Gasteiger partial charge in [-0.3, -0.25) is 0 Å². The summed E-state index contributed by atoms with van der Waals surface area (Å²) in [5.41, 5.74) is 5.42. The van der Waals surface area contributed by atoms with E-state index < -0.39 is 5.60 Å². The highest BCUT2D eigenvalue weighted by Gasteiger charge is 2.11. The van der Waals surface area contributed by atoms with Crippen molar-refractivity contribution in [3.63, 3.8) is 0 Å². The lowest BCUT2D eigenvalue weighted by atomic mass is 10.0.